The molecule has 0 saturated carbocycles. The first-order chi connectivity index (χ1) is 22.7. The van der Waals surface area contributed by atoms with Gasteiger partial charge < -0.3 is 34.5 Å². The molecule has 0 radical (unpaired) electrons. The molecular formula is C37H46ClN3O6. The second-order valence-corrected chi connectivity index (χ2v) is 13.0. The number of anilines is 1. The number of unbranched alkanes of at least 4 members (excludes halogenated alkanes) is 4. The van der Waals surface area contributed by atoms with Gasteiger partial charge in [0.1, 0.15) is 11.9 Å². The highest BCUT2D eigenvalue weighted by Crippen LogP contribution is 2.35. The smallest absolute Gasteiger partial charge is 0.410 e. The van der Waals surface area contributed by atoms with Crippen LogP contribution in [0.4, 0.5) is 15.3 Å². The molecule has 2 heterocycles. The zero-order valence-electron chi connectivity index (χ0n) is 27.4. The number of ether oxygens (including phenoxy) is 4. The van der Waals surface area contributed by atoms with Gasteiger partial charge in [-0.1, -0.05) is 60.8 Å². The third-order valence-corrected chi connectivity index (χ3v) is 8.51. The number of hydrogen-bond acceptors (Lipinski definition) is 6. The average molecular weight is 664 g/mol. The van der Waals surface area contributed by atoms with E-state index in [0.717, 1.165) is 80.6 Å². The molecule has 2 aliphatic rings. The Morgan fingerprint density at radius 2 is 1.74 bits per heavy atom. The van der Waals surface area contributed by atoms with Crippen LogP contribution in [0, 0.1) is 0 Å². The molecule has 2 N–H and O–H groups in total. The number of benzene rings is 3. The Morgan fingerprint density at radius 3 is 2.60 bits per heavy atom. The largest absolute Gasteiger partial charge is 0.463 e. The molecule has 0 aromatic heterocycles. The van der Waals surface area contributed by atoms with Crippen molar-refractivity contribution < 1.29 is 28.5 Å². The van der Waals surface area contributed by atoms with E-state index in [9.17, 15) is 9.59 Å². The maximum Gasteiger partial charge on any atom is 0.410 e. The van der Waals surface area contributed by atoms with Gasteiger partial charge in [0.25, 0.3) is 0 Å². The Morgan fingerprint density at radius 1 is 0.957 bits per heavy atom. The molecule has 0 bridgehead atoms. The molecule has 0 spiro atoms. The number of fused-ring (bicyclic) bond motifs is 1. The van der Waals surface area contributed by atoms with Crippen molar-refractivity contribution in [1.29, 1.82) is 0 Å². The highest BCUT2D eigenvalue weighted by Gasteiger charge is 2.33. The summed E-state index contributed by atoms with van der Waals surface area (Å²) in [6.07, 6.45) is 6.60. The second-order valence-electron chi connectivity index (χ2n) is 12.6. The van der Waals surface area contributed by atoms with Crippen molar-refractivity contribution in [2.75, 3.05) is 31.6 Å². The molecule has 1 saturated heterocycles. The molecule has 9 nitrogen and oxygen atoms in total. The molecule has 47 heavy (non-hydrogen) atoms. The Labute approximate surface area is 282 Å². The zero-order valence-corrected chi connectivity index (χ0v) is 28.2. The second kappa shape index (κ2) is 16.9. The summed E-state index contributed by atoms with van der Waals surface area (Å²) in [7, 11) is 0. The van der Waals surface area contributed by atoms with Gasteiger partial charge in [-0.3, -0.25) is 0 Å². The van der Waals surface area contributed by atoms with Gasteiger partial charge in [-0.25, -0.2) is 9.59 Å². The van der Waals surface area contributed by atoms with Crippen molar-refractivity contribution in [1.82, 2.24) is 10.2 Å². The van der Waals surface area contributed by atoms with Crippen molar-refractivity contribution in [3.8, 4) is 5.75 Å². The Hall–Kier alpha value is -3.79. The molecule has 1 atom stereocenters. The monoisotopic (exact) mass is 663 g/mol. The summed E-state index contributed by atoms with van der Waals surface area (Å²) in [6.45, 7) is 7.51. The average Bonchev–Trinajstić information content (AvgIpc) is 3.42. The third-order valence-electron chi connectivity index (χ3n) is 8.27. The van der Waals surface area contributed by atoms with Crippen molar-refractivity contribution in [3.05, 3.63) is 94.0 Å². The molecule has 3 amide bonds. The van der Waals surface area contributed by atoms with E-state index in [1.807, 2.05) is 49.1 Å². The lowest BCUT2D eigenvalue weighted by molar-refractivity contribution is -0.180. The van der Waals surface area contributed by atoms with Crippen LogP contribution in [0.1, 0.15) is 80.7 Å². The maximum absolute atomic E-state index is 12.5. The van der Waals surface area contributed by atoms with Gasteiger partial charge in [0.15, 0.2) is 0 Å². The Kier molecular flexibility index (Phi) is 12.4. The van der Waals surface area contributed by atoms with Crippen molar-refractivity contribution in [3.63, 3.8) is 0 Å². The SMILES string of the molecule is CC1(C)OCc2cc(C3CN(CCCCCCOCCCCc4cccc(CNC(=O)Nc5cccc(Cl)c5)c4)C(=O)O3)ccc2O1. The van der Waals surface area contributed by atoms with E-state index < -0.39 is 5.79 Å². The lowest BCUT2D eigenvalue weighted by Gasteiger charge is -2.32. The number of carbonyl (C=O) groups excluding carboxylic acids is 2. The van der Waals surface area contributed by atoms with E-state index in [-0.39, 0.29) is 18.2 Å². The lowest BCUT2D eigenvalue weighted by Crippen LogP contribution is -2.35. The summed E-state index contributed by atoms with van der Waals surface area (Å²) in [5.41, 5.74) is 4.92. The van der Waals surface area contributed by atoms with Crippen LogP contribution in [0.5, 0.6) is 5.75 Å². The van der Waals surface area contributed by atoms with Crippen LogP contribution in [0.3, 0.4) is 0 Å². The minimum Gasteiger partial charge on any atom is -0.463 e. The molecule has 10 heteroatoms. The molecule has 1 unspecified atom stereocenters. The fourth-order valence-corrected chi connectivity index (χ4v) is 5.93. The van der Waals surface area contributed by atoms with Crippen molar-refractivity contribution in [2.24, 2.45) is 0 Å². The maximum atomic E-state index is 12.5. The number of cyclic esters (lactones) is 1. The summed E-state index contributed by atoms with van der Waals surface area (Å²) >= 11 is 5.98. The summed E-state index contributed by atoms with van der Waals surface area (Å²) in [6, 6.07) is 21.1. The van der Waals surface area contributed by atoms with Gasteiger partial charge in [-0.2, -0.15) is 0 Å². The molecule has 0 aliphatic carbocycles. The van der Waals surface area contributed by atoms with Crippen LogP contribution in [0.2, 0.25) is 5.02 Å². The van der Waals surface area contributed by atoms with Crippen molar-refractivity contribution >= 4 is 29.4 Å². The number of amides is 3. The number of carbonyl (C=O) groups is 2. The normalized spacial score (nSPS) is 16.7. The molecule has 2 aliphatic heterocycles. The number of aryl methyl sites for hydroxylation is 1. The lowest BCUT2D eigenvalue weighted by atomic mass is 10.0. The third kappa shape index (κ3) is 10.9. The standard InChI is InChI=1S/C37H46ClN3O6/c1-37(2)45-26-30-22-29(16-17-33(30)47-37)34-25-41(36(43)46-34)18-6-3-4-7-19-44-20-8-5-11-27-12-9-13-28(21-27)24-39-35(42)40-32-15-10-14-31(38)23-32/h9-10,12-17,21-23,34H,3-8,11,18-20,24-26H2,1-2H3,(H2,39,40,42). The molecular weight excluding hydrogens is 618 g/mol. The van der Waals surface area contributed by atoms with Crippen LogP contribution in [-0.2, 0) is 33.8 Å². The summed E-state index contributed by atoms with van der Waals surface area (Å²) in [4.78, 5) is 26.5. The van der Waals surface area contributed by atoms with E-state index in [4.69, 9.17) is 30.5 Å². The van der Waals surface area contributed by atoms with Gasteiger partial charge >= 0.3 is 12.1 Å². The van der Waals surface area contributed by atoms with E-state index in [2.05, 4.69) is 22.8 Å². The van der Waals surface area contributed by atoms with Gasteiger partial charge in [0, 0.05) is 56.4 Å². The van der Waals surface area contributed by atoms with Gasteiger partial charge in [-0.05, 0) is 79.1 Å². The summed E-state index contributed by atoms with van der Waals surface area (Å²) < 4.78 is 23.2. The number of rotatable bonds is 16. The first-order valence-corrected chi connectivity index (χ1v) is 17.0. The molecule has 252 valence electrons. The molecule has 3 aromatic carbocycles. The van der Waals surface area contributed by atoms with Gasteiger partial charge in [0.05, 0.1) is 13.2 Å². The van der Waals surface area contributed by atoms with E-state index >= 15 is 0 Å². The van der Waals surface area contributed by atoms with E-state index in [1.165, 1.54) is 5.56 Å². The quantitative estimate of drug-likeness (QED) is 0.149. The van der Waals surface area contributed by atoms with Crippen LogP contribution in [0.25, 0.3) is 0 Å². The van der Waals surface area contributed by atoms with Crippen LogP contribution in [0.15, 0.2) is 66.7 Å². The molecule has 1 fully saturated rings. The topological polar surface area (TPSA) is 98.4 Å². The first-order valence-electron chi connectivity index (χ1n) is 16.6. The fraction of sp³-hybridized carbons (Fsp3) is 0.459. The number of nitrogens with zero attached hydrogens (tertiary/aromatic N) is 1. The number of nitrogens with one attached hydrogen (secondary N) is 2. The summed E-state index contributed by atoms with van der Waals surface area (Å²) in [5.74, 6) is 0.190. The van der Waals surface area contributed by atoms with Crippen LogP contribution in [-0.4, -0.2) is 49.1 Å². The highest BCUT2D eigenvalue weighted by molar-refractivity contribution is 6.30. The number of urea groups is 1. The van der Waals surface area contributed by atoms with E-state index in [1.54, 1.807) is 24.3 Å². The predicted octanol–water partition coefficient (Wildman–Crippen LogP) is 8.40. The van der Waals surface area contributed by atoms with Gasteiger partial charge in [-0.15, -0.1) is 0 Å². The zero-order chi connectivity index (χ0) is 33.1. The molecule has 3 aromatic rings. The minimum absolute atomic E-state index is 0.245. The highest BCUT2D eigenvalue weighted by atomic mass is 35.5. The fourth-order valence-electron chi connectivity index (χ4n) is 5.74. The van der Waals surface area contributed by atoms with E-state index in [0.29, 0.717) is 37.0 Å². The first kappa shape index (κ1) is 34.5. The van der Waals surface area contributed by atoms with Crippen LogP contribution >= 0.6 is 11.6 Å². The van der Waals surface area contributed by atoms with Crippen LogP contribution < -0.4 is 15.4 Å². The number of halogens is 1. The summed E-state index contributed by atoms with van der Waals surface area (Å²) in [5, 5.41) is 6.27. The van der Waals surface area contributed by atoms with Gasteiger partial charge in [0.2, 0.25) is 5.79 Å². The molecule has 5 rings (SSSR count). The minimum atomic E-state index is -0.631. The predicted molar refractivity (Wildman–Crippen MR) is 183 cm³/mol. The Balaban J connectivity index is 0.877. The Bertz CT molecular complexity index is 1500. The number of hydrogen-bond donors (Lipinski definition) is 2. The van der Waals surface area contributed by atoms with Crippen molar-refractivity contribution in [2.45, 2.75) is 83.8 Å².